The lowest BCUT2D eigenvalue weighted by Gasteiger charge is -2.31. The predicted molar refractivity (Wildman–Crippen MR) is 134 cm³/mol. The number of aromatic amines is 2. The molecule has 0 amide bonds. The highest BCUT2D eigenvalue weighted by atomic mass is 19.1. The number of hydrogen-bond acceptors (Lipinski definition) is 7. The number of ether oxygens (including phenoxy) is 1. The zero-order chi connectivity index (χ0) is 25.0. The van der Waals surface area contributed by atoms with Crippen LogP contribution < -0.4 is 15.6 Å². The maximum atomic E-state index is 14.6. The van der Waals surface area contributed by atoms with E-state index in [1.54, 1.807) is 25.5 Å². The molecule has 0 bridgehead atoms. The van der Waals surface area contributed by atoms with Crippen LogP contribution in [0.1, 0.15) is 10.4 Å². The van der Waals surface area contributed by atoms with Gasteiger partial charge in [-0.1, -0.05) is 0 Å². The number of rotatable bonds is 4. The number of aromatic nitrogens is 4. The molecule has 36 heavy (non-hydrogen) atoms. The molecule has 11 heteroatoms. The fourth-order valence-corrected chi connectivity index (χ4v) is 4.84. The van der Waals surface area contributed by atoms with Gasteiger partial charge in [0.25, 0.3) is 0 Å². The van der Waals surface area contributed by atoms with E-state index in [9.17, 15) is 19.1 Å². The van der Waals surface area contributed by atoms with Gasteiger partial charge < -0.3 is 30.0 Å². The molecule has 1 aliphatic rings. The largest absolute Gasteiger partial charge is 0.477 e. The molecule has 0 radical (unpaired) electrons. The maximum Gasteiger partial charge on any atom is 0.341 e. The second kappa shape index (κ2) is 8.31. The van der Waals surface area contributed by atoms with Crippen molar-refractivity contribution in [3.8, 4) is 11.1 Å². The molecule has 0 spiro atoms. The highest BCUT2D eigenvalue weighted by Gasteiger charge is 2.24. The highest BCUT2D eigenvalue weighted by molar-refractivity contribution is 6.17. The second-order valence-corrected chi connectivity index (χ2v) is 8.55. The van der Waals surface area contributed by atoms with E-state index in [0.717, 1.165) is 22.8 Å². The molecule has 5 heterocycles. The van der Waals surface area contributed by atoms with Crippen LogP contribution in [0, 0.1) is 5.82 Å². The molecular weight excluding hydrogens is 467 g/mol. The monoisotopic (exact) mass is 488 g/mol. The summed E-state index contributed by atoms with van der Waals surface area (Å²) < 4.78 is 20.2. The molecule has 0 unspecified atom stereocenters. The summed E-state index contributed by atoms with van der Waals surface area (Å²) in [5, 5.41) is 14.0. The lowest BCUT2D eigenvalue weighted by molar-refractivity contribution is 0.0695. The molecule has 0 saturated carbocycles. The van der Waals surface area contributed by atoms with Gasteiger partial charge in [0.1, 0.15) is 22.7 Å². The minimum atomic E-state index is -1.32. The zero-order valence-corrected chi connectivity index (χ0v) is 19.2. The molecule has 4 aromatic heterocycles. The van der Waals surface area contributed by atoms with E-state index < -0.39 is 11.4 Å². The number of nitrogens with one attached hydrogen (secondary N) is 3. The van der Waals surface area contributed by atoms with Gasteiger partial charge in [-0.05, 0) is 18.2 Å². The van der Waals surface area contributed by atoms with Crippen LogP contribution in [0.3, 0.4) is 0 Å². The minimum absolute atomic E-state index is 0.155. The van der Waals surface area contributed by atoms with Crippen LogP contribution in [0.4, 0.5) is 15.8 Å². The Morgan fingerprint density at radius 2 is 1.92 bits per heavy atom. The van der Waals surface area contributed by atoms with E-state index in [4.69, 9.17) is 4.74 Å². The SMILES string of the molecule is CNc1cc(F)cc2c1[nH]c1ncc(-c3cnc4[nH]cc(C(=O)O)c(=O)c4c3)c(N3CCOCC3)c12. The number of carboxylic acid groups (broad SMARTS) is 1. The van der Waals surface area contributed by atoms with E-state index in [1.807, 2.05) is 0 Å². The number of morpholine rings is 1. The number of hydrogen-bond donors (Lipinski definition) is 4. The molecule has 182 valence electrons. The van der Waals surface area contributed by atoms with E-state index in [0.29, 0.717) is 54.2 Å². The first-order valence-electron chi connectivity index (χ1n) is 11.4. The number of anilines is 2. The minimum Gasteiger partial charge on any atom is -0.477 e. The van der Waals surface area contributed by atoms with Gasteiger partial charge in [-0.25, -0.2) is 19.2 Å². The number of H-pyrrole nitrogens is 2. The smallest absolute Gasteiger partial charge is 0.341 e. The number of aromatic carboxylic acids is 1. The van der Waals surface area contributed by atoms with Crippen molar-refractivity contribution in [1.29, 1.82) is 0 Å². The Kier molecular flexibility index (Phi) is 5.07. The fourth-order valence-electron chi connectivity index (χ4n) is 4.84. The number of fused-ring (bicyclic) bond motifs is 4. The lowest BCUT2D eigenvalue weighted by Crippen LogP contribution is -2.36. The third-order valence-electron chi connectivity index (χ3n) is 6.54. The molecule has 1 fully saturated rings. The van der Waals surface area contributed by atoms with Crippen LogP contribution >= 0.6 is 0 Å². The summed E-state index contributed by atoms with van der Waals surface area (Å²) in [6, 6.07) is 4.52. The van der Waals surface area contributed by atoms with Crippen molar-refractivity contribution in [2.75, 3.05) is 43.6 Å². The van der Waals surface area contributed by atoms with Gasteiger partial charge in [-0.2, -0.15) is 0 Å². The third-order valence-corrected chi connectivity index (χ3v) is 6.54. The van der Waals surface area contributed by atoms with Crippen LogP contribution in [0.25, 0.3) is 44.1 Å². The molecule has 10 nitrogen and oxygen atoms in total. The van der Waals surface area contributed by atoms with Crippen molar-refractivity contribution in [1.82, 2.24) is 19.9 Å². The third kappa shape index (κ3) is 3.35. The molecule has 0 atom stereocenters. The number of pyridine rings is 3. The van der Waals surface area contributed by atoms with Crippen molar-refractivity contribution < 1.29 is 19.0 Å². The molecule has 1 aliphatic heterocycles. The van der Waals surface area contributed by atoms with Crippen LogP contribution in [-0.2, 0) is 4.74 Å². The molecule has 1 saturated heterocycles. The Bertz CT molecular complexity index is 1740. The Morgan fingerprint density at radius 3 is 2.67 bits per heavy atom. The second-order valence-electron chi connectivity index (χ2n) is 8.55. The van der Waals surface area contributed by atoms with E-state index in [2.05, 4.69) is 30.2 Å². The molecule has 1 aromatic carbocycles. The van der Waals surface area contributed by atoms with E-state index >= 15 is 0 Å². The van der Waals surface area contributed by atoms with Gasteiger partial charge in [0, 0.05) is 55.2 Å². The molecule has 0 aliphatic carbocycles. The van der Waals surface area contributed by atoms with Crippen molar-refractivity contribution >= 4 is 50.3 Å². The van der Waals surface area contributed by atoms with Crippen LogP contribution in [0.15, 0.2) is 41.6 Å². The lowest BCUT2D eigenvalue weighted by atomic mass is 10.0. The number of benzene rings is 1. The topological polar surface area (TPSA) is 136 Å². The summed E-state index contributed by atoms with van der Waals surface area (Å²) in [6.07, 6.45) is 4.45. The van der Waals surface area contributed by atoms with Gasteiger partial charge in [-0.15, -0.1) is 0 Å². The summed E-state index contributed by atoms with van der Waals surface area (Å²) in [5.41, 5.74) is 3.32. The summed E-state index contributed by atoms with van der Waals surface area (Å²) in [5.74, 6) is -1.70. The molecular formula is C25H21FN6O4. The predicted octanol–water partition coefficient (Wildman–Crippen LogP) is 3.34. The summed E-state index contributed by atoms with van der Waals surface area (Å²) >= 11 is 0. The standard InChI is InChI=1S/C25H21FN6O4/c1-27-18-8-13(26)7-14-19-21(32-2-4-36-5-3-32)16(10-30-24(19)31-20(14)18)12-6-15-22(33)17(25(34)35)11-29-23(15)28-9-12/h6-11,27H,2-5H2,1H3,(H,30,31)(H,34,35)(H,28,29,33). The van der Waals surface area contributed by atoms with Crippen molar-refractivity contribution in [2.24, 2.45) is 0 Å². The number of halogens is 1. The van der Waals surface area contributed by atoms with Crippen molar-refractivity contribution in [2.45, 2.75) is 0 Å². The van der Waals surface area contributed by atoms with Crippen molar-refractivity contribution in [3.05, 3.63) is 58.4 Å². The van der Waals surface area contributed by atoms with Gasteiger partial charge >= 0.3 is 5.97 Å². The first-order valence-corrected chi connectivity index (χ1v) is 11.4. The maximum absolute atomic E-state index is 14.6. The van der Waals surface area contributed by atoms with E-state index in [1.165, 1.54) is 12.1 Å². The Hall–Kier alpha value is -4.51. The number of carboxylic acids is 1. The Balaban J connectivity index is 1.68. The first kappa shape index (κ1) is 22.0. The Morgan fingerprint density at radius 1 is 1.14 bits per heavy atom. The fraction of sp³-hybridized carbons (Fsp3) is 0.200. The summed E-state index contributed by atoms with van der Waals surface area (Å²) in [4.78, 5) is 41.6. The molecule has 4 N–H and O–H groups in total. The zero-order valence-electron chi connectivity index (χ0n) is 19.2. The molecule has 6 rings (SSSR count). The quantitative estimate of drug-likeness (QED) is 0.302. The summed E-state index contributed by atoms with van der Waals surface area (Å²) in [6.45, 7) is 2.27. The van der Waals surface area contributed by atoms with E-state index in [-0.39, 0.29) is 22.4 Å². The van der Waals surface area contributed by atoms with Crippen LogP contribution in [-0.4, -0.2) is 64.4 Å². The molecule has 5 aromatic rings. The number of carbonyl (C=O) groups is 1. The summed E-state index contributed by atoms with van der Waals surface area (Å²) in [7, 11) is 1.73. The van der Waals surface area contributed by atoms with Crippen molar-refractivity contribution in [3.63, 3.8) is 0 Å². The van der Waals surface area contributed by atoms with Crippen LogP contribution in [0.5, 0.6) is 0 Å². The highest BCUT2D eigenvalue weighted by Crippen LogP contribution is 2.42. The number of nitrogens with zero attached hydrogens (tertiary/aromatic N) is 3. The van der Waals surface area contributed by atoms with Crippen LogP contribution in [0.2, 0.25) is 0 Å². The van der Waals surface area contributed by atoms with Gasteiger partial charge in [-0.3, -0.25) is 4.79 Å². The average Bonchev–Trinajstić information content (AvgIpc) is 3.26. The van der Waals surface area contributed by atoms with Gasteiger partial charge in [0.05, 0.1) is 40.9 Å². The average molecular weight is 488 g/mol. The first-order chi connectivity index (χ1) is 17.5. The van der Waals surface area contributed by atoms with Gasteiger partial charge in [0.2, 0.25) is 5.43 Å². The van der Waals surface area contributed by atoms with Gasteiger partial charge in [0.15, 0.2) is 0 Å². The Labute approximate surface area is 202 Å². The normalized spacial score (nSPS) is 14.1.